The Hall–Kier alpha value is -1.10. The molecule has 1 atom stereocenters. The Balaban J connectivity index is 2.99. The Morgan fingerprint density at radius 2 is 2.31 bits per heavy atom. The predicted molar refractivity (Wildman–Crippen MR) is 50.4 cm³/mol. The van der Waals surface area contributed by atoms with Gasteiger partial charge in [-0.05, 0) is 12.8 Å². The first-order valence-corrected chi connectivity index (χ1v) is 4.61. The maximum atomic E-state index is 11.2. The van der Waals surface area contributed by atoms with Crippen LogP contribution in [-0.2, 0) is 6.54 Å². The highest BCUT2D eigenvalue weighted by atomic mass is 16.1. The Morgan fingerprint density at radius 3 is 2.85 bits per heavy atom. The minimum absolute atomic E-state index is 0.148. The van der Waals surface area contributed by atoms with Crippen LogP contribution in [0.2, 0.25) is 0 Å². The fraction of sp³-hybridized carbons (Fsp3) is 0.750. The van der Waals surface area contributed by atoms with Crippen LogP contribution in [0.5, 0.6) is 0 Å². The van der Waals surface area contributed by atoms with E-state index in [0.29, 0.717) is 12.4 Å². The minimum Gasteiger partial charge on any atom is -0.321 e. The lowest BCUT2D eigenvalue weighted by Crippen LogP contribution is -2.22. The lowest BCUT2D eigenvalue weighted by molar-refractivity contribution is 0.557. The highest BCUT2D eigenvalue weighted by Crippen LogP contribution is 2.08. The van der Waals surface area contributed by atoms with Gasteiger partial charge < -0.3 is 5.73 Å². The monoisotopic (exact) mass is 184 g/mol. The number of hydrogen-bond acceptors (Lipinski definition) is 3. The van der Waals surface area contributed by atoms with E-state index in [2.05, 4.69) is 10.2 Å². The van der Waals surface area contributed by atoms with Gasteiger partial charge in [0, 0.05) is 6.54 Å². The molecule has 0 saturated carbocycles. The van der Waals surface area contributed by atoms with E-state index in [4.69, 9.17) is 5.73 Å². The van der Waals surface area contributed by atoms with Gasteiger partial charge in [-0.1, -0.05) is 13.8 Å². The second kappa shape index (κ2) is 4.23. The molecule has 1 aromatic rings. The van der Waals surface area contributed by atoms with Crippen molar-refractivity contribution in [1.82, 2.24) is 14.8 Å². The summed E-state index contributed by atoms with van der Waals surface area (Å²) in [6, 6.07) is -0.148. The molecule has 0 amide bonds. The molecule has 1 unspecified atom stereocenters. The largest absolute Gasteiger partial charge is 0.343 e. The highest BCUT2D eigenvalue weighted by molar-refractivity contribution is 4.93. The van der Waals surface area contributed by atoms with Gasteiger partial charge in [0.25, 0.3) is 0 Å². The van der Waals surface area contributed by atoms with E-state index in [-0.39, 0.29) is 11.7 Å². The number of rotatable bonds is 4. The van der Waals surface area contributed by atoms with Gasteiger partial charge in [0.05, 0.1) is 6.04 Å². The molecule has 5 nitrogen and oxygen atoms in total. The van der Waals surface area contributed by atoms with Crippen LogP contribution >= 0.6 is 0 Å². The Kier molecular flexibility index (Phi) is 3.25. The summed E-state index contributed by atoms with van der Waals surface area (Å²) in [5.41, 5.74) is 5.63. The number of nitrogens with one attached hydrogen (secondary N) is 1. The second-order valence-corrected chi connectivity index (χ2v) is 3.05. The molecule has 0 fully saturated rings. The zero-order valence-corrected chi connectivity index (χ0v) is 8.08. The van der Waals surface area contributed by atoms with Gasteiger partial charge in [0.15, 0.2) is 0 Å². The number of aromatic amines is 1. The smallest absolute Gasteiger partial charge is 0.321 e. The maximum Gasteiger partial charge on any atom is 0.343 e. The molecule has 1 aromatic heterocycles. The van der Waals surface area contributed by atoms with Crippen LogP contribution in [0.15, 0.2) is 4.79 Å². The minimum atomic E-state index is -0.166. The third kappa shape index (κ3) is 1.98. The van der Waals surface area contributed by atoms with Gasteiger partial charge in [-0.25, -0.2) is 9.89 Å². The van der Waals surface area contributed by atoms with Crippen molar-refractivity contribution in [2.24, 2.45) is 5.73 Å². The standard InChI is InChI=1S/C8H16N4O/c1-3-5-12-7(6(9)4-2)10-11-8(12)13/h6H,3-5,9H2,1-2H3,(H,11,13). The predicted octanol–water partition coefficient (Wildman–Crippen LogP) is 0.391. The molecule has 0 aliphatic heterocycles. The molecule has 1 rings (SSSR count). The molecule has 5 heteroatoms. The first-order valence-electron chi connectivity index (χ1n) is 4.61. The molecular weight excluding hydrogens is 168 g/mol. The summed E-state index contributed by atoms with van der Waals surface area (Å²) in [4.78, 5) is 11.2. The van der Waals surface area contributed by atoms with Crippen LogP contribution in [0.4, 0.5) is 0 Å². The van der Waals surface area contributed by atoms with E-state index in [9.17, 15) is 4.79 Å². The second-order valence-electron chi connectivity index (χ2n) is 3.05. The molecule has 0 spiro atoms. The van der Waals surface area contributed by atoms with E-state index < -0.39 is 0 Å². The van der Waals surface area contributed by atoms with Crippen molar-refractivity contribution in [2.45, 2.75) is 39.3 Å². The lowest BCUT2D eigenvalue weighted by atomic mass is 10.2. The molecule has 0 aromatic carbocycles. The Morgan fingerprint density at radius 1 is 1.62 bits per heavy atom. The van der Waals surface area contributed by atoms with Gasteiger partial charge >= 0.3 is 5.69 Å². The number of H-pyrrole nitrogens is 1. The van der Waals surface area contributed by atoms with Crippen molar-refractivity contribution < 1.29 is 0 Å². The molecule has 0 saturated heterocycles. The van der Waals surface area contributed by atoms with Crippen molar-refractivity contribution in [3.8, 4) is 0 Å². The van der Waals surface area contributed by atoms with Crippen molar-refractivity contribution in [2.75, 3.05) is 0 Å². The maximum absolute atomic E-state index is 11.2. The number of nitrogens with two attached hydrogens (primary N) is 1. The molecule has 0 aliphatic rings. The average Bonchev–Trinajstić information content (AvgIpc) is 2.48. The lowest BCUT2D eigenvalue weighted by Gasteiger charge is -2.08. The summed E-state index contributed by atoms with van der Waals surface area (Å²) in [6.07, 6.45) is 1.69. The van der Waals surface area contributed by atoms with E-state index in [1.807, 2.05) is 13.8 Å². The molecule has 74 valence electrons. The molecular formula is C8H16N4O. The van der Waals surface area contributed by atoms with Gasteiger partial charge in [0.1, 0.15) is 5.82 Å². The zero-order chi connectivity index (χ0) is 9.84. The summed E-state index contributed by atoms with van der Waals surface area (Å²) in [5, 5.41) is 6.32. The van der Waals surface area contributed by atoms with Crippen LogP contribution in [-0.4, -0.2) is 14.8 Å². The number of hydrogen-bond donors (Lipinski definition) is 2. The first kappa shape index (κ1) is 9.98. The van der Waals surface area contributed by atoms with Gasteiger partial charge in [-0.15, -0.1) is 0 Å². The summed E-state index contributed by atoms with van der Waals surface area (Å²) >= 11 is 0. The third-order valence-corrected chi connectivity index (χ3v) is 2.01. The van der Waals surface area contributed by atoms with Crippen LogP contribution in [0.25, 0.3) is 0 Å². The van der Waals surface area contributed by atoms with Gasteiger partial charge in [0.2, 0.25) is 0 Å². The molecule has 3 N–H and O–H groups in total. The third-order valence-electron chi connectivity index (χ3n) is 2.01. The fourth-order valence-electron chi connectivity index (χ4n) is 1.24. The summed E-state index contributed by atoms with van der Waals surface area (Å²) in [6.45, 7) is 4.67. The number of nitrogens with zero attached hydrogens (tertiary/aromatic N) is 2. The van der Waals surface area contributed by atoms with Gasteiger partial charge in [-0.3, -0.25) is 4.57 Å². The molecule has 0 radical (unpaired) electrons. The van der Waals surface area contributed by atoms with Crippen LogP contribution in [0.3, 0.4) is 0 Å². The molecule has 13 heavy (non-hydrogen) atoms. The summed E-state index contributed by atoms with van der Waals surface area (Å²) in [5.74, 6) is 0.661. The van der Waals surface area contributed by atoms with Crippen molar-refractivity contribution in [3.63, 3.8) is 0 Å². The topological polar surface area (TPSA) is 76.7 Å². The zero-order valence-electron chi connectivity index (χ0n) is 8.08. The van der Waals surface area contributed by atoms with Crippen LogP contribution in [0.1, 0.15) is 38.6 Å². The normalized spacial score (nSPS) is 13.2. The highest BCUT2D eigenvalue weighted by Gasteiger charge is 2.12. The quantitative estimate of drug-likeness (QED) is 0.710. The number of aromatic nitrogens is 3. The fourth-order valence-corrected chi connectivity index (χ4v) is 1.24. The SMILES string of the molecule is CCCn1c(C(N)CC)n[nH]c1=O. The van der Waals surface area contributed by atoms with E-state index in [0.717, 1.165) is 12.8 Å². The molecule has 0 bridgehead atoms. The van der Waals surface area contributed by atoms with E-state index in [1.165, 1.54) is 0 Å². The summed E-state index contributed by atoms with van der Waals surface area (Å²) in [7, 11) is 0. The Labute approximate surface area is 76.9 Å². The first-order chi connectivity index (χ1) is 6.20. The summed E-state index contributed by atoms with van der Waals surface area (Å²) < 4.78 is 1.61. The average molecular weight is 184 g/mol. The van der Waals surface area contributed by atoms with E-state index in [1.54, 1.807) is 4.57 Å². The molecule has 0 aliphatic carbocycles. The van der Waals surface area contributed by atoms with E-state index >= 15 is 0 Å². The van der Waals surface area contributed by atoms with Crippen LogP contribution < -0.4 is 11.4 Å². The van der Waals surface area contributed by atoms with Gasteiger partial charge in [-0.2, -0.15) is 5.10 Å². The van der Waals surface area contributed by atoms with Crippen molar-refractivity contribution in [1.29, 1.82) is 0 Å². The molecule has 1 heterocycles. The Bertz CT molecular complexity index is 314. The van der Waals surface area contributed by atoms with Crippen LogP contribution in [0, 0.1) is 0 Å². The van der Waals surface area contributed by atoms with Crippen molar-refractivity contribution >= 4 is 0 Å². The van der Waals surface area contributed by atoms with Crippen molar-refractivity contribution in [3.05, 3.63) is 16.3 Å².